The summed E-state index contributed by atoms with van der Waals surface area (Å²) in [6.45, 7) is 0. The molecule has 2 aromatic rings. The molecule has 1 unspecified atom stereocenters. The lowest BCUT2D eigenvalue weighted by Crippen LogP contribution is -2.34. The number of carboxylic acid groups (broad SMARTS) is 1. The topological polar surface area (TPSA) is 63.6 Å². The summed E-state index contributed by atoms with van der Waals surface area (Å²) >= 11 is 0. The Kier molecular flexibility index (Phi) is 3.02. The van der Waals surface area contributed by atoms with E-state index in [1.807, 2.05) is 0 Å². The van der Waals surface area contributed by atoms with Crippen LogP contribution in [0, 0.1) is 0 Å². The zero-order valence-corrected chi connectivity index (χ0v) is 11.2. The molecule has 7 heteroatoms. The maximum Gasteiger partial charge on any atom is 0.501 e. The highest BCUT2D eigenvalue weighted by Crippen LogP contribution is 2.42. The first kappa shape index (κ1) is 13.7. The highest BCUT2D eigenvalue weighted by atomic mass is 32.2. The van der Waals surface area contributed by atoms with E-state index in [4.69, 9.17) is 5.11 Å². The summed E-state index contributed by atoms with van der Waals surface area (Å²) in [7, 11) is -1.37. The maximum atomic E-state index is 13.1. The Hall–Kier alpha value is -2.28. The van der Waals surface area contributed by atoms with Crippen LogP contribution in [-0.2, 0) is 15.6 Å². The molecule has 1 heterocycles. The summed E-state index contributed by atoms with van der Waals surface area (Å²) in [6.07, 6.45) is -4.31. The van der Waals surface area contributed by atoms with Crippen LogP contribution >= 0.6 is 0 Å². The summed E-state index contributed by atoms with van der Waals surface area (Å²) in [4.78, 5) is 11.5. The Bertz CT molecular complexity index is 773. The second-order valence-electron chi connectivity index (χ2n) is 4.35. The number of ether oxygens (including phenoxy) is 1. The number of aliphatic carboxylic acids is 1. The third-order valence-electron chi connectivity index (χ3n) is 3.02. The van der Waals surface area contributed by atoms with E-state index in [1.165, 1.54) is 18.2 Å². The molecule has 0 bridgehead atoms. The van der Waals surface area contributed by atoms with Gasteiger partial charge in [0.05, 0.1) is 20.6 Å². The van der Waals surface area contributed by atoms with Gasteiger partial charge in [0, 0.05) is 5.56 Å². The summed E-state index contributed by atoms with van der Waals surface area (Å²) in [5, 5.41) is 8.37. The number of rotatable bonds is 3. The number of benzene rings is 2. The van der Waals surface area contributed by atoms with E-state index < -0.39 is 22.9 Å². The molecule has 0 saturated carbocycles. The molecule has 1 aliphatic heterocycles. The van der Waals surface area contributed by atoms with E-state index in [1.54, 1.807) is 24.3 Å². The number of hydrogen-bond donors (Lipinski definition) is 1. The number of carboxylic acids is 1. The van der Waals surface area contributed by atoms with Gasteiger partial charge in [-0.05, 0) is 29.8 Å². The minimum absolute atomic E-state index is 0.296. The molecular weight excluding hydrogens is 302 g/mol. The van der Waals surface area contributed by atoms with Gasteiger partial charge in [-0.25, -0.2) is 9.00 Å². The fourth-order valence-electron chi connectivity index (χ4n) is 2.11. The lowest BCUT2D eigenvalue weighted by atomic mass is 10.1. The molecule has 0 radical (unpaired) electrons. The third kappa shape index (κ3) is 2.19. The average Bonchev–Trinajstić information content (AvgIpc) is 2.72. The number of carbonyl (C=O) groups is 1. The zero-order chi connectivity index (χ0) is 15.2. The van der Waals surface area contributed by atoms with Crippen molar-refractivity contribution in [2.24, 2.45) is 0 Å². The van der Waals surface area contributed by atoms with Gasteiger partial charge in [0.15, 0.2) is 0 Å². The first-order valence-corrected chi connectivity index (χ1v) is 7.00. The minimum Gasteiger partial charge on any atom is -0.474 e. The van der Waals surface area contributed by atoms with Crippen LogP contribution in [0.4, 0.5) is 8.78 Å². The molecule has 1 N–H and O–H groups in total. The van der Waals surface area contributed by atoms with Crippen molar-refractivity contribution in [3.63, 3.8) is 0 Å². The molecule has 1 atom stereocenters. The Labute approximate surface area is 120 Å². The SMILES string of the molecule is O=C(O)C(F)(F)Oc1ccc2c(c1)-c1ccccc1S2=O. The smallest absolute Gasteiger partial charge is 0.474 e. The van der Waals surface area contributed by atoms with Crippen LogP contribution < -0.4 is 4.74 Å². The first-order valence-electron chi connectivity index (χ1n) is 5.85. The fraction of sp³-hybridized carbons (Fsp3) is 0.0714. The summed E-state index contributed by atoms with van der Waals surface area (Å²) in [5.41, 5.74) is 1.16. The molecule has 21 heavy (non-hydrogen) atoms. The van der Waals surface area contributed by atoms with Crippen molar-refractivity contribution in [2.45, 2.75) is 15.9 Å². The molecule has 0 amide bonds. The molecule has 0 fully saturated rings. The van der Waals surface area contributed by atoms with Crippen molar-refractivity contribution < 1.29 is 27.6 Å². The monoisotopic (exact) mass is 310 g/mol. The quantitative estimate of drug-likeness (QED) is 0.808. The fourth-order valence-corrected chi connectivity index (χ4v) is 3.48. The van der Waals surface area contributed by atoms with Gasteiger partial charge in [0.25, 0.3) is 0 Å². The normalized spacial score (nSPS) is 16.2. The van der Waals surface area contributed by atoms with Crippen molar-refractivity contribution in [2.75, 3.05) is 0 Å². The highest BCUT2D eigenvalue weighted by molar-refractivity contribution is 7.85. The first-order chi connectivity index (χ1) is 9.90. The van der Waals surface area contributed by atoms with Gasteiger partial charge >= 0.3 is 12.1 Å². The van der Waals surface area contributed by atoms with Crippen molar-refractivity contribution >= 4 is 16.8 Å². The standard InChI is InChI=1S/C14H8F2O4S/c15-14(16,13(17)18)20-8-5-6-12-10(7-8)9-3-1-2-4-11(9)21(12)19/h1-7H,(H,17,18). The predicted molar refractivity (Wildman–Crippen MR) is 69.8 cm³/mol. The van der Waals surface area contributed by atoms with Gasteiger partial charge in [0.1, 0.15) is 5.75 Å². The molecule has 2 aromatic carbocycles. The van der Waals surface area contributed by atoms with Crippen LogP contribution in [0.3, 0.4) is 0 Å². The predicted octanol–water partition coefficient (Wildman–Crippen LogP) is 2.89. The molecule has 3 rings (SSSR count). The van der Waals surface area contributed by atoms with Crippen LogP contribution in [0.5, 0.6) is 5.75 Å². The zero-order valence-electron chi connectivity index (χ0n) is 10.4. The third-order valence-corrected chi connectivity index (χ3v) is 4.53. The Balaban J connectivity index is 2.05. The Morgan fingerprint density at radius 1 is 1.10 bits per heavy atom. The van der Waals surface area contributed by atoms with Crippen molar-refractivity contribution in [1.29, 1.82) is 0 Å². The number of hydrogen-bond acceptors (Lipinski definition) is 3. The van der Waals surface area contributed by atoms with Gasteiger partial charge in [0.2, 0.25) is 0 Å². The number of halogens is 2. The van der Waals surface area contributed by atoms with Crippen molar-refractivity contribution in [1.82, 2.24) is 0 Å². The second kappa shape index (κ2) is 4.63. The Morgan fingerprint density at radius 3 is 2.48 bits per heavy atom. The largest absolute Gasteiger partial charge is 0.501 e. The second-order valence-corrected chi connectivity index (χ2v) is 5.76. The lowest BCUT2D eigenvalue weighted by Gasteiger charge is -2.13. The maximum absolute atomic E-state index is 13.1. The van der Waals surface area contributed by atoms with Crippen LogP contribution in [0.15, 0.2) is 52.3 Å². The molecular formula is C14H8F2O4S. The lowest BCUT2D eigenvalue weighted by molar-refractivity contribution is -0.210. The van der Waals surface area contributed by atoms with Crippen molar-refractivity contribution in [3.8, 4) is 16.9 Å². The Morgan fingerprint density at radius 2 is 1.76 bits per heavy atom. The number of alkyl halides is 2. The molecule has 0 saturated heterocycles. The van der Waals surface area contributed by atoms with E-state index in [9.17, 15) is 17.8 Å². The molecule has 4 nitrogen and oxygen atoms in total. The van der Waals surface area contributed by atoms with E-state index in [0.29, 0.717) is 20.9 Å². The van der Waals surface area contributed by atoms with Crippen LogP contribution in [-0.4, -0.2) is 21.4 Å². The van der Waals surface area contributed by atoms with E-state index in [2.05, 4.69) is 4.74 Å². The highest BCUT2D eigenvalue weighted by Gasteiger charge is 2.42. The van der Waals surface area contributed by atoms with Gasteiger partial charge in [-0.1, -0.05) is 18.2 Å². The van der Waals surface area contributed by atoms with E-state index in [-0.39, 0.29) is 5.75 Å². The average molecular weight is 310 g/mol. The van der Waals surface area contributed by atoms with E-state index in [0.717, 1.165) is 0 Å². The number of fused-ring (bicyclic) bond motifs is 3. The van der Waals surface area contributed by atoms with Gasteiger partial charge in [-0.3, -0.25) is 0 Å². The summed E-state index contributed by atoms with van der Waals surface area (Å²) < 4.78 is 42.6. The molecule has 1 aliphatic rings. The molecule has 0 aromatic heterocycles. The molecule has 108 valence electrons. The van der Waals surface area contributed by atoms with Gasteiger partial charge < -0.3 is 9.84 Å². The summed E-state index contributed by atoms with van der Waals surface area (Å²) in [5.74, 6) is -2.66. The van der Waals surface area contributed by atoms with Crippen molar-refractivity contribution in [3.05, 3.63) is 42.5 Å². The van der Waals surface area contributed by atoms with Gasteiger partial charge in [-0.2, -0.15) is 8.78 Å². The van der Waals surface area contributed by atoms with Gasteiger partial charge in [-0.15, -0.1) is 0 Å². The molecule has 0 spiro atoms. The summed E-state index contributed by atoms with van der Waals surface area (Å²) in [6, 6.07) is 10.7. The molecule has 0 aliphatic carbocycles. The minimum atomic E-state index is -4.31. The van der Waals surface area contributed by atoms with Crippen LogP contribution in [0.2, 0.25) is 0 Å². The van der Waals surface area contributed by atoms with E-state index >= 15 is 0 Å². The van der Waals surface area contributed by atoms with Crippen LogP contribution in [0.1, 0.15) is 0 Å². The van der Waals surface area contributed by atoms with Crippen LogP contribution in [0.25, 0.3) is 11.1 Å².